The van der Waals surface area contributed by atoms with Gasteiger partial charge in [0.15, 0.2) is 0 Å². The minimum Gasteiger partial charge on any atom is -0.353 e. The minimum atomic E-state index is 0.0453. The van der Waals surface area contributed by atoms with Crippen LogP contribution in [0.3, 0.4) is 0 Å². The highest BCUT2D eigenvalue weighted by Crippen LogP contribution is 2.29. The summed E-state index contributed by atoms with van der Waals surface area (Å²) in [7, 11) is 0. The van der Waals surface area contributed by atoms with Crippen LogP contribution in [-0.2, 0) is 11.2 Å². The van der Waals surface area contributed by atoms with Crippen LogP contribution in [0.1, 0.15) is 51.7 Å². The van der Waals surface area contributed by atoms with E-state index in [0.29, 0.717) is 5.92 Å². The lowest BCUT2D eigenvalue weighted by atomic mass is 9.82. The molecular weight excluding hydrogens is 222 g/mol. The summed E-state index contributed by atoms with van der Waals surface area (Å²) >= 11 is 0. The molecule has 0 aromatic heterocycles. The fraction of sp³-hybridized carbons (Fsp3) is 0.562. The van der Waals surface area contributed by atoms with E-state index in [9.17, 15) is 4.79 Å². The Hall–Kier alpha value is -1.31. The predicted molar refractivity (Wildman–Crippen MR) is 76.7 cm³/mol. The molecule has 2 rings (SSSR count). The van der Waals surface area contributed by atoms with Gasteiger partial charge in [-0.25, -0.2) is 0 Å². The number of hydrogen-bond acceptors (Lipinski definition) is 1. The molecule has 2 nitrogen and oxygen atoms in total. The first-order valence-corrected chi connectivity index (χ1v) is 6.97. The maximum atomic E-state index is 11.9. The second kappa shape index (κ2) is 6.58. The molecule has 1 aromatic rings. The Morgan fingerprint density at radius 2 is 1.67 bits per heavy atom. The second-order valence-electron chi connectivity index (χ2n) is 4.89. The van der Waals surface area contributed by atoms with Crippen molar-refractivity contribution < 1.29 is 4.79 Å². The van der Waals surface area contributed by atoms with Gasteiger partial charge < -0.3 is 5.32 Å². The van der Waals surface area contributed by atoms with Gasteiger partial charge in [-0.05, 0) is 30.4 Å². The zero-order valence-electron chi connectivity index (χ0n) is 12.2. The zero-order chi connectivity index (χ0) is 13.7. The molecule has 2 heteroatoms. The molecule has 0 spiro atoms. The summed E-state index contributed by atoms with van der Waals surface area (Å²) in [4.78, 5) is 11.9. The maximum absolute atomic E-state index is 11.9. The standard InChI is InChI=1S/C14H19NO.C2H6/c1-9-8-12-6-4-5-7-13(12)10(2)11(3)14(16)15-9;1-2/h4-7,9-11H,8H2,1-3H3,(H,15,16);1-2H3. The lowest BCUT2D eigenvalue weighted by molar-refractivity contribution is -0.125. The molecule has 3 unspecified atom stereocenters. The van der Waals surface area contributed by atoms with Gasteiger partial charge in [0.1, 0.15) is 0 Å². The van der Waals surface area contributed by atoms with Crippen LogP contribution in [0.4, 0.5) is 0 Å². The first-order valence-electron chi connectivity index (χ1n) is 6.97. The van der Waals surface area contributed by atoms with Gasteiger partial charge in [0.05, 0.1) is 0 Å². The average Bonchev–Trinajstić information content (AvgIpc) is 2.39. The van der Waals surface area contributed by atoms with Crippen molar-refractivity contribution in [2.75, 3.05) is 0 Å². The van der Waals surface area contributed by atoms with Crippen molar-refractivity contribution in [2.45, 2.75) is 53.0 Å². The maximum Gasteiger partial charge on any atom is 0.223 e. The fourth-order valence-corrected chi connectivity index (χ4v) is 2.42. The molecule has 1 aliphatic rings. The van der Waals surface area contributed by atoms with E-state index in [-0.39, 0.29) is 17.9 Å². The van der Waals surface area contributed by atoms with E-state index >= 15 is 0 Å². The molecule has 3 atom stereocenters. The van der Waals surface area contributed by atoms with Gasteiger partial charge in [-0.3, -0.25) is 4.79 Å². The summed E-state index contributed by atoms with van der Waals surface area (Å²) in [5.41, 5.74) is 2.70. The lowest BCUT2D eigenvalue weighted by Gasteiger charge is -2.28. The van der Waals surface area contributed by atoms with Gasteiger partial charge >= 0.3 is 0 Å². The lowest BCUT2D eigenvalue weighted by Crippen LogP contribution is -2.41. The van der Waals surface area contributed by atoms with E-state index in [1.165, 1.54) is 11.1 Å². The SMILES string of the molecule is CC.CC1Cc2ccccc2C(C)C(C)C(=O)N1. The van der Waals surface area contributed by atoms with E-state index < -0.39 is 0 Å². The summed E-state index contributed by atoms with van der Waals surface area (Å²) in [6, 6.07) is 8.69. The van der Waals surface area contributed by atoms with Crippen LogP contribution in [0.2, 0.25) is 0 Å². The van der Waals surface area contributed by atoms with Crippen LogP contribution in [-0.4, -0.2) is 11.9 Å². The number of hydrogen-bond donors (Lipinski definition) is 1. The van der Waals surface area contributed by atoms with Crippen molar-refractivity contribution in [2.24, 2.45) is 5.92 Å². The first-order chi connectivity index (χ1) is 8.59. The number of amides is 1. The molecule has 0 radical (unpaired) electrons. The van der Waals surface area contributed by atoms with Gasteiger partial charge in [-0.1, -0.05) is 52.0 Å². The van der Waals surface area contributed by atoms with E-state index in [2.05, 4.69) is 43.4 Å². The molecule has 1 heterocycles. The minimum absolute atomic E-state index is 0.0453. The molecule has 1 aromatic carbocycles. The molecule has 0 aliphatic carbocycles. The summed E-state index contributed by atoms with van der Waals surface area (Å²) in [6.07, 6.45) is 0.930. The highest BCUT2D eigenvalue weighted by molar-refractivity contribution is 5.80. The normalized spacial score (nSPS) is 26.9. The number of rotatable bonds is 0. The van der Waals surface area contributed by atoms with Crippen LogP contribution in [0.5, 0.6) is 0 Å². The summed E-state index contributed by atoms with van der Waals surface area (Å²) in [6.45, 7) is 10.2. The topological polar surface area (TPSA) is 29.1 Å². The molecule has 0 saturated heterocycles. The Labute approximate surface area is 111 Å². The van der Waals surface area contributed by atoms with E-state index in [4.69, 9.17) is 0 Å². The van der Waals surface area contributed by atoms with Gasteiger partial charge in [0, 0.05) is 12.0 Å². The second-order valence-corrected chi connectivity index (χ2v) is 4.89. The smallest absolute Gasteiger partial charge is 0.223 e. The van der Waals surface area contributed by atoms with Crippen molar-refractivity contribution in [3.8, 4) is 0 Å². The van der Waals surface area contributed by atoms with Gasteiger partial charge in [0.25, 0.3) is 0 Å². The molecule has 1 aliphatic heterocycles. The van der Waals surface area contributed by atoms with Crippen molar-refractivity contribution in [1.29, 1.82) is 0 Å². The third kappa shape index (κ3) is 3.12. The monoisotopic (exact) mass is 247 g/mol. The third-order valence-corrected chi connectivity index (χ3v) is 3.62. The van der Waals surface area contributed by atoms with E-state index in [1.54, 1.807) is 0 Å². The number of carbonyl (C=O) groups excluding carboxylic acids is 1. The van der Waals surface area contributed by atoms with Crippen molar-refractivity contribution in [1.82, 2.24) is 5.32 Å². The molecule has 0 fully saturated rings. The average molecular weight is 247 g/mol. The number of nitrogens with one attached hydrogen (secondary N) is 1. The Morgan fingerprint density at radius 1 is 1.06 bits per heavy atom. The number of benzene rings is 1. The Balaban J connectivity index is 0.000000771. The number of carbonyl (C=O) groups is 1. The van der Waals surface area contributed by atoms with Crippen LogP contribution in [0, 0.1) is 5.92 Å². The quantitative estimate of drug-likeness (QED) is 0.747. The van der Waals surface area contributed by atoms with Gasteiger partial charge in [-0.2, -0.15) is 0 Å². The molecule has 18 heavy (non-hydrogen) atoms. The third-order valence-electron chi connectivity index (χ3n) is 3.62. The van der Waals surface area contributed by atoms with E-state index in [0.717, 1.165) is 6.42 Å². The van der Waals surface area contributed by atoms with Crippen LogP contribution in [0.25, 0.3) is 0 Å². The highest BCUT2D eigenvalue weighted by Gasteiger charge is 2.27. The van der Waals surface area contributed by atoms with Crippen LogP contribution in [0.15, 0.2) is 24.3 Å². The first kappa shape index (κ1) is 14.7. The molecule has 1 amide bonds. The van der Waals surface area contributed by atoms with Crippen molar-refractivity contribution >= 4 is 5.91 Å². The zero-order valence-corrected chi connectivity index (χ0v) is 12.2. The summed E-state index contributed by atoms with van der Waals surface area (Å²) < 4.78 is 0. The van der Waals surface area contributed by atoms with Crippen molar-refractivity contribution in [3.05, 3.63) is 35.4 Å². The largest absolute Gasteiger partial charge is 0.353 e. The molecule has 0 bridgehead atoms. The van der Waals surface area contributed by atoms with Gasteiger partial charge in [-0.15, -0.1) is 0 Å². The molecule has 0 saturated carbocycles. The summed E-state index contributed by atoms with van der Waals surface area (Å²) in [5.74, 6) is 0.516. The Morgan fingerprint density at radius 3 is 2.33 bits per heavy atom. The highest BCUT2D eigenvalue weighted by atomic mass is 16.1. The number of fused-ring (bicyclic) bond motifs is 1. The molecule has 1 N–H and O–H groups in total. The predicted octanol–water partition coefficient (Wildman–Crippen LogP) is 3.51. The van der Waals surface area contributed by atoms with Crippen LogP contribution >= 0.6 is 0 Å². The van der Waals surface area contributed by atoms with Crippen molar-refractivity contribution in [3.63, 3.8) is 0 Å². The molecular formula is C16H25NO. The molecule has 100 valence electrons. The van der Waals surface area contributed by atoms with Gasteiger partial charge in [0.2, 0.25) is 5.91 Å². The summed E-state index contributed by atoms with van der Waals surface area (Å²) in [5, 5.41) is 3.06. The van der Waals surface area contributed by atoms with E-state index in [1.807, 2.05) is 20.8 Å². The fourth-order valence-electron chi connectivity index (χ4n) is 2.42. The Kier molecular flexibility index (Phi) is 5.39. The van der Waals surface area contributed by atoms with Crippen LogP contribution < -0.4 is 5.32 Å². The Bertz CT molecular complexity index is 400.